The Kier molecular flexibility index (Phi) is 6.99. The second-order valence-corrected chi connectivity index (χ2v) is 11.1. The van der Waals surface area contributed by atoms with Crippen molar-refractivity contribution in [1.82, 2.24) is 20.5 Å². The Morgan fingerprint density at radius 3 is 2.51 bits per heavy atom. The number of para-hydroxylation sites is 1. The molecular formula is C33H34N4O4. The molecule has 3 aromatic carbocycles. The van der Waals surface area contributed by atoms with E-state index in [1.54, 1.807) is 12.0 Å². The smallest absolute Gasteiger partial charge is 0.255 e. The molecule has 0 saturated carbocycles. The molecule has 8 nitrogen and oxygen atoms in total. The van der Waals surface area contributed by atoms with Gasteiger partial charge in [0.2, 0.25) is 11.8 Å². The third-order valence-corrected chi connectivity index (χ3v) is 8.27. The van der Waals surface area contributed by atoms with E-state index >= 15 is 0 Å². The summed E-state index contributed by atoms with van der Waals surface area (Å²) in [6, 6.07) is 21.4. The molecule has 0 aliphatic carbocycles. The molecule has 8 heteroatoms. The third-order valence-electron chi connectivity index (χ3n) is 8.27. The van der Waals surface area contributed by atoms with Crippen LogP contribution in [0.15, 0.2) is 72.8 Å². The van der Waals surface area contributed by atoms with E-state index in [0.29, 0.717) is 24.9 Å². The van der Waals surface area contributed by atoms with Gasteiger partial charge in [-0.2, -0.15) is 0 Å². The van der Waals surface area contributed by atoms with Crippen LogP contribution in [-0.4, -0.2) is 53.3 Å². The van der Waals surface area contributed by atoms with Crippen molar-refractivity contribution in [2.45, 2.75) is 44.8 Å². The Labute approximate surface area is 239 Å². The van der Waals surface area contributed by atoms with Crippen molar-refractivity contribution in [3.05, 3.63) is 101 Å². The van der Waals surface area contributed by atoms with Gasteiger partial charge in [-0.15, -0.1) is 0 Å². The molecule has 1 aromatic heterocycles. The van der Waals surface area contributed by atoms with Gasteiger partial charge in [-0.25, -0.2) is 0 Å². The van der Waals surface area contributed by atoms with Gasteiger partial charge in [0.25, 0.3) is 5.91 Å². The lowest BCUT2D eigenvalue weighted by molar-refractivity contribution is -0.132. The van der Waals surface area contributed by atoms with E-state index in [2.05, 4.69) is 15.6 Å². The quantitative estimate of drug-likeness (QED) is 0.307. The Hall–Kier alpha value is -4.59. The van der Waals surface area contributed by atoms with Crippen LogP contribution in [0.5, 0.6) is 5.75 Å². The Bertz CT molecular complexity index is 1620. The Morgan fingerprint density at radius 2 is 1.76 bits per heavy atom. The molecule has 0 fully saturated rings. The number of aromatic nitrogens is 1. The molecule has 0 spiro atoms. The van der Waals surface area contributed by atoms with Gasteiger partial charge in [-0.05, 0) is 53.3 Å². The van der Waals surface area contributed by atoms with E-state index in [0.717, 1.165) is 39.0 Å². The first-order valence-electron chi connectivity index (χ1n) is 14.1. The number of hydrogen-bond acceptors (Lipinski definition) is 4. The van der Waals surface area contributed by atoms with Gasteiger partial charge in [0.1, 0.15) is 17.8 Å². The maximum absolute atomic E-state index is 14.0. The summed E-state index contributed by atoms with van der Waals surface area (Å²) in [6.07, 6.45) is 1.02. The molecule has 2 aliphatic heterocycles. The van der Waals surface area contributed by atoms with Gasteiger partial charge >= 0.3 is 0 Å². The molecule has 3 heterocycles. The highest BCUT2D eigenvalue weighted by Gasteiger charge is 2.49. The predicted octanol–water partition coefficient (Wildman–Crippen LogP) is 4.15. The number of hydrogen-bond donors (Lipinski definition) is 3. The van der Waals surface area contributed by atoms with Crippen molar-refractivity contribution < 1.29 is 19.1 Å². The summed E-state index contributed by atoms with van der Waals surface area (Å²) in [5.41, 5.74) is 5.54. The molecule has 3 amide bonds. The number of aromatic amines is 1. The second-order valence-electron chi connectivity index (χ2n) is 11.1. The van der Waals surface area contributed by atoms with Gasteiger partial charge in [0.05, 0.1) is 13.2 Å². The van der Waals surface area contributed by atoms with Crippen LogP contribution in [0.2, 0.25) is 0 Å². The fourth-order valence-electron chi connectivity index (χ4n) is 6.15. The molecule has 3 atom stereocenters. The summed E-state index contributed by atoms with van der Waals surface area (Å²) in [7, 11) is 1.63. The number of methoxy groups -OCH3 is 1. The zero-order valence-corrected chi connectivity index (χ0v) is 23.4. The molecule has 3 N–H and O–H groups in total. The molecule has 0 radical (unpaired) electrons. The molecule has 4 aromatic rings. The van der Waals surface area contributed by atoms with Crippen molar-refractivity contribution >= 4 is 28.6 Å². The van der Waals surface area contributed by atoms with E-state index in [4.69, 9.17) is 4.74 Å². The van der Waals surface area contributed by atoms with Gasteiger partial charge in [0.15, 0.2) is 0 Å². The topological polar surface area (TPSA) is 104 Å². The predicted molar refractivity (Wildman–Crippen MR) is 157 cm³/mol. The van der Waals surface area contributed by atoms with Gasteiger partial charge in [-0.3, -0.25) is 14.4 Å². The maximum Gasteiger partial charge on any atom is 0.255 e. The summed E-state index contributed by atoms with van der Waals surface area (Å²) in [5, 5.41) is 7.04. The minimum Gasteiger partial charge on any atom is -0.497 e. The van der Waals surface area contributed by atoms with Crippen LogP contribution in [0.1, 0.15) is 52.6 Å². The van der Waals surface area contributed by atoms with Crippen LogP contribution in [-0.2, 0) is 22.4 Å². The van der Waals surface area contributed by atoms with Crippen LogP contribution >= 0.6 is 0 Å². The summed E-state index contributed by atoms with van der Waals surface area (Å²) in [5.74, 6) is -0.0895. The summed E-state index contributed by atoms with van der Waals surface area (Å²) in [4.78, 5) is 46.1. The summed E-state index contributed by atoms with van der Waals surface area (Å²) >= 11 is 0. The lowest BCUT2D eigenvalue weighted by Crippen LogP contribution is -2.57. The number of nitrogens with zero attached hydrogens (tertiary/aromatic N) is 1. The highest BCUT2D eigenvalue weighted by Crippen LogP contribution is 2.46. The lowest BCUT2D eigenvalue weighted by atomic mass is 9.89. The standard InChI is InChI=1S/C33H34N4O4/c1-19(2)28(32(39)34-17-16-20-12-14-21(41-3)15-13-20)36-31(38)27-18-25-22-8-6-7-11-26(22)35-29(25)30-23-9-4-5-10-24(23)33(40)37(27)30/h4-15,19,27-28,30,35H,16-18H2,1-3H3,(H,34,39)(H,36,38)/t27-,28-,30+/m0/s1. The molecule has 210 valence electrons. The Balaban J connectivity index is 1.23. The fraction of sp³-hybridized carbons (Fsp3) is 0.303. The first-order valence-corrected chi connectivity index (χ1v) is 14.1. The molecule has 0 unspecified atom stereocenters. The van der Waals surface area contributed by atoms with Crippen LogP contribution < -0.4 is 15.4 Å². The molecular weight excluding hydrogens is 516 g/mol. The number of carbonyl (C=O) groups is 3. The highest BCUT2D eigenvalue weighted by molar-refractivity contribution is 6.04. The average molecular weight is 551 g/mol. The van der Waals surface area contributed by atoms with Gasteiger partial charge < -0.3 is 25.3 Å². The molecule has 6 rings (SSSR count). The van der Waals surface area contributed by atoms with E-state index in [1.165, 1.54) is 0 Å². The third kappa shape index (κ3) is 4.73. The number of nitrogens with one attached hydrogen (secondary N) is 3. The van der Waals surface area contributed by atoms with Crippen molar-refractivity contribution in [2.24, 2.45) is 5.92 Å². The lowest BCUT2D eigenvalue weighted by Gasteiger charge is -2.38. The van der Waals surface area contributed by atoms with E-state index in [-0.39, 0.29) is 29.7 Å². The number of ether oxygens (including phenoxy) is 1. The monoisotopic (exact) mass is 550 g/mol. The number of benzene rings is 3. The van der Waals surface area contributed by atoms with E-state index in [9.17, 15) is 14.4 Å². The molecule has 41 heavy (non-hydrogen) atoms. The largest absolute Gasteiger partial charge is 0.497 e. The zero-order valence-electron chi connectivity index (χ0n) is 23.4. The normalized spacial score (nSPS) is 18.0. The van der Waals surface area contributed by atoms with E-state index < -0.39 is 12.1 Å². The van der Waals surface area contributed by atoms with E-state index in [1.807, 2.05) is 86.6 Å². The van der Waals surface area contributed by atoms with Crippen molar-refractivity contribution in [1.29, 1.82) is 0 Å². The number of H-pyrrole nitrogens is 1. The fourth-order valence-corrected chi connectivity index (χ4v) is 6.15. The number of fused-ring (bicyclic) bond motifs is 7. The maximum atomic E-state index is 14.0. The minimum atomic E-state index is -0.750. The van der Waals surface area contributed by atoms with Crippen LogP contribution in [0.4, 0.5) is 0 Å². The SMILES string of the molecule is COc1ccc(CCNC(=O)[C@@H](NC(=O)[C@@H]2Cc3c([nH]c4ccccc34)[C@H]3c4ccccc4C(=O)N32)C(C)C)cc1. The molecule has 0 bridgehead atoms. The number of amides is 3. The number of rotatable bonds is 8. The van der Waals surface area contributed by atoms with Gasteiger partial charge in [0, 0.05) is 35.1 Å². The minimum absolute atomic E-state index is 0.144. The average Bonchev–Trinajstić information content (AvgIpc) is 3.51. The second kappa shape index (κ2) is 10.8. The first kappa shape index (κ1) is 26.6. The number of carbonyl (C=O) groups excluding carboxylic acids is 3. The zero-order chi connectivity index (χ0) is 28.7. The summed E-state index contributed by atoms with van der Waals surface area (Å²) in [6.45, 7) is 4.26. The van der Waals surface area contributed by atoms with Crippen LogP contribution in [0, 0.1) is 5.92 Å². The van der Waals surface area contributed by atoms with Crippen molar-refractivity contribution in [2.75, 3.05) is 13.7 Å². The Morgan fingerprint density at radius 1 is 1.02 bits per heavy atom. The van der Waals surface area contributed by atoms with Crippen LogP contribution in [0.25, 0.3) is 10.9 Å². The van der Waals surface area contributed by atoms with Crippen molar-refractivity contribution in [3.8, 4) is 5.75 Å². The first-order chi connectivity index (χ1) is 19.9. The van der Waals surface area contributed by atoms with Crippen molar-refractivity contribution in [3.63, 3.8) is 0 Å². The highest BCUT2D eigenvalue weighted by atomic mass is 16.5. The molecule has 2 aliphatic rings. The molecule has 0 saturated heterocycles. The van der Waals surface area contributed by atoms with Crippen LogP contribution in [0.3, 0.4) is 0 Å². The van der Waals surface area contributed by atoms with Gasteiger partial charge in [-0.1, -0.05) is 62.4 Å². The summed E-state index contributed by atoms with van der Waals surface area (Å²) < 4.78 is 5.21.